The fraction of sp³-hybridized carbons (Fsp3) is 0.227. The predicted molar refractivity (Wildman–Crippen MR) is 120 cm³/mol. The molecule has 3 N–H and O–H groups in total. The molecule has 3 aromatic rings. The first kappa shape index (κ1) is 22.0. The van der Waals surface area contributed by atoms with Crippen molar-refractivity contribution in [3.63, 3.8) is 0 Å². The molecule has 0 aliphatic carbocycles. The average Bonchev–Trinajstić information content (AvgIpc) is 3.41. The zero-order valence-corrected chi connectivity index (χ0v) is 17.7. The Bertz CT molecular complexity index is 1160. The van der Waals surface area contributed by atoms with E-state index in [0.717, 1.165) is 40.8 Å². The lowest BCUT2D eigenvalue weighted by Crippen LogP contribution is -2.22. The molecule has 0 unspecified atom stereocenters. The van der Waals surface area contributed by atoms with Gasteiger partial charge in [0.1, 0.15) is 5.69 Å². The maximum absolute atomic E-state index is 13.3. The summed E-state index contributed by atoms with van der Waals surface area (Å²) in [5.74, 6) is -0.712. The Morgan fingerprint density at radius 1 is 1.12 bits per heavy atom. The smallest absolute Gasteiger partial charge is 0.336 e. The Morgan fingerprint density at radius 2 is 1.88 bits per heavy atom. The fourth-order valence-corrected chi connectivity index (χ4v) is 3.88. The van der Waals surface area contributed by atoms with Crippen LogP contribution in [0.3, 0.4) is 0 Å². The Labute approximate surface area is 187 Å². The third kappa shape index (κ3) is 4.51. The van der Waals surface area contributed by atoms with Crippen molar-refractivity contribution in [3.8, 4) is 5.69 Å². The van der Waals surface area contributed by atoms with Crippen LogP contribution in [-0.2, 0) is 12.7 Å². The van der Waals surface area contributed by atoms with Gasteiger partial charge in [0.15, 0.2) is 5.69 Å². The van der Waals surface area contributed by atoms with E-state index >= 15 is 0 Å². The van der Waals surface area contributed by atoms with Gasteiger partial charge < -0.3 is 16.0 Å². The molecule has 2 aromatic carbocycles. The number of nitrogens with one attached hydrogen (secondary N) is 1. The van der Waals surface area contributed by atoms with Gasteiger partial charge in [0.05, 0.1) is 10.7 Å². The summed E-state index contributed by atoms with van der Waals surface area (Å²) in [6.45, 7) is 1.04. The third-order valence-electron chi connectivity index (χ3n) is 5.13. The number of thiocarbonyl (C=S) groups is 1. The van der Waals surface area contributed by atoms with Crippen LogP contribution in [0.2, 0.25) is 0 Å². The predicted octanol–water partition coefficient (Wildman–Crippen LogP) is 4.53. The summed E-state index contributed by atoms with van der Waals surface area (Å²) in [6, 6.07) is 14.3. The number of alkyl halides is 3. The van der Waals surface area contributed by atoms with Gasteiger partial charge in [-0.15, -0.1) is 0 Å². The number of carbonyl (C=O) groups excluding carboxylic acids is 1. The van der Waals surface area contributed by atoms with Crippen molar-refractivity contribution in [2.45, 2.75) is 25.6 Å². The van der Waals surface area contributed by atoms with Crippen LogP contribution in [0.1, 0.15) is 34.6 Å². The molecule has 6 nitrogen and oxygen atoms in total. The number of aromatic nitrogens is 2. The summed E-state index contributed by atoms with van der Waals surface area (Å²) < 4.78 is 40.9. The largest absolute Gasteiger partial charge is 0.435 e. The number of hydrogen-bond donors (Lipinski definition) is 2. The van der Waals surface area contributed by atoms with Crippen molar-refractivity contribution < 1.29 is 18.0 Å². The van der Waals surface area contributed by atoms with Gasteiger partial charge in [0.25, 0.3) is 5.91 Å². The second kappa shape index (κ2) is 8.71. The molecular formula is C22H20F3N5OS. The summed E-state index contributed by atoms with van der Waals surface area (Å²) in [5.41, 5.74) is 6.61. The fourth-order valence-electron chi connectivity index (χ4n) is 3.53. The molecule has 10 heteroatoms. The summed E-state index contributed by atoms with van der Waals surface area (Å²) in [7, 11) is 0. The van der Waals surface area contributed by atoms with Gasteiger partial charge in [-0.1, -0.05) is 24.4 Å². The minimum Gasteiger partial charge on any atom is -0.336 e. The maximum Gasteiger partial charge on any atom is 0.435 e. The van der Waals surface area contributed by atoms with E-state index < -0.39 is 17.8 Å². The highest BCUT2D eigenvalue weighted by Gasteiger charge is 2.36. The van der Waals surface area contributed by atoms with E-state index in [-0.39, 0.29) is 12.2 Å². The number of rotatable bonds is 5. The lowest BCUT2D eigenvalue weighted by atomic mass is 10.2. The van der Waals surface area contributed by atoms with Crippen LogP contribution in [0.4, 0.5) is 24.5 Å². The summed E-state index contributed by atoms with van der Waals surface area (Å²) in [6.07, 6.45) is -2.83. The maximum atomic E-state index is 13.3. The van der Waals surface area contributed by atoms with Gasteiger partial charge in [0.2, 0.25) is 0 Å². The molecule has 4 rings (SSSR count). The molecule has 1 saturated heterocycles. The first-order valence-corrected chi connectivity index (χ1v) is 10.4. The second-order valence-electron chi connectivity index (χ2n) is 7.35. The summed E-state index contributed by atoms with van der Waals surface area (Å²) in [5, 5.41) is 6.28. The zero-order valence-electron chi connectivity index (χ0n) is 16.9. The van der Waals surface area contributed by atoms with Crippen molar-refractivity contribution in [3.05, 3.63) is 71.5 Å². The topological polar surface area (TPSA) is 76.2 Å². The number of amides is 1. The lowest BCUT2D eigenvalue weighted by Gasteiger charge is -2.18. The van der Waals surface area contributed by atoms with Crippen LogP contribution < -0.4 is 16.0 Å². The molecule has 32 heavy (non-hydrogen) atoms. The van der Waals surface area contributed by atoms with Crippen molar-refractivity contribution in [2.75, 3.05) is 16.8 Å². The molecule has 0 spiro atoms. The van der Waals surface area contributed by atoms with E-state index in [1.165, 1.54) is 0 Å². The SMILES string of the molecule is NCc1cccc(-n2nc(C(F)(F)F)cc2C(=O)Nc2ccc(N3CCCC3=S)cc2)c1. The van der Waals surface area contributed by atoms with Crippen molar-refractivity contribution in [1.82, 2.24) is 9.78 Å². The molecule has 1 fully saturated rings. The van der Waals surface area contributed by atoms with E-state index in [0.29, 0.717) is 16.9 Å². The Hall–Kier alpha value is -3.24. The molecule has 0 atom stereocenters. The van der Waals surface area contributed by atoms with Crippen LogP contribution in [0, 0.1) is 0 Å². The monoisotopic (exact) mass is 459 g/mol. The van der Waals surface area contributed by atoms with Gasteiger partial charge in [-0.25, -0.2) is 4.68 Å². The molecular weight excluding hydrogens is 439 g/mol. The van der Waals surface area contributed by atoms with Gasteiger partial charge in [-0.05, 0) is 54.8 Å². The minimum absolute atomic E-state index is 0.204. The quantitative estimate of drug-likeness (QED) is 0.549. The lowest BCUT2D eigenvalue weighted by molar-refractivity contribution is -0.141. The number of halogens is 3. The number of nitrogens with two attached hydrogens (primary N) is 1. The van der Waals surface area contributed by atoms with Crippen LogP contribution >= 0.6 is 12.2 Å². The number of benzene rings is 2. The van der Waals surface area contributed by atoms with E-state index in [2.05, 4.69) is 10.4 Å². The highest BCUT2D eigenvalue weighted by molar-refractivity contribution is 7.80. The van der Waals surface area contributed by atoms with Gasteiger partial charge in [-0.3, -0.25) is 4.79 Å². The molecule has 1 amide bonds. The van der Waals surface area contributed by atoms with Gasteiger partial charge in [-0.2, -0.15) is 18.3 Å². The van der Waals surface area contributed by atoms with Crippen molar-refractivity contribution >= 4 is 34.5 Å². The molecule has 2 heterocycles. The van der Waals surface area contributed by atoms with Crippen molar-refractivity contribution in [2.24, 2.45) is 5.73 Å². The van der Waals surface area contributed by atoms with E-state index in [9.17, 15) is 18.0 Å². The Balaban J connectivity index is 1.62. The highest BCUT2D eigenvalue weighted by atomic mass is 32.1. The molecule has 1 aliphatic heterocycles. The van der Waals surface area contributed by atoms with Crippen LogP contribution in [0.25, 0.3) is 5.69 Å². The average molecular weight is 459 g/mol. The summed E-state index contributed by atoms with van der Waals surface area (Å²) >= 11 is 5.35. The van der Waals surface area contributed by atoms with Crippen LogP contribution in [-0.4, -0.2) is 27.2 Å². The Morgan fingerprint density at radius 3 is 2.50 bits per heavy atom. The van der Waals surface area contributed by atoms with Crippen molar-refractivity contribution in [1.29, 1.82) is 0 Å². The first-order valence-electron chi connectivity index (χ1n) is 9.94. The van der Waals surface area contributed by atoms with Gasteiger partial charge >= 0.3 is 6.18 Å². The van der Waals surface area contributed by atoms with Crippen LogP contribution in [0.15, 0.2) is 54.6 Å². The van der Waals surface area contributed by atoms with E-state index in [1.54, 1.807) is 36.4 Å². The van der Waals surface area contributed by atoms with Crippen LogP contribution in [0.5, 0.6) is 0 Å². The third-order valence-corrected chi connectivity index (χ3v) is 5.56. The second-order valence-corrected chi connectivity index (χ2v) is 7.82. The number of carbonyl (C=O) groups is 1. The first-order chi connectivity index (χ1) is 15.3. The number of hydrogen-bond acceptors (Lipinski definition) is 4. The molecule has 1 aromatic heterocycles. The molecule has 1 aliphatic rings. The molecule has 0 radical (unpaired) electrons. The highest BCUT2D eigenvalue weighted by Crippen LogP contribution is 2.30. The minimum atomic E-state index is -4.69. The molecule has 166 valence electrons. The van der Waals surface area contributed by atoms with E-state index in [4.69, 9.17) is 18.0 Å². The molecule has 0 bridgehead atoms. The standard InChI is InChI=1S/C22H20F3N5OS/c23-22(24,25)19-12-18(30(28-19)17-4-1-3-14(11-17)13-26)21(31)27-15-6-8-16(9-7-15)29-10-2-5-20(29)32/h1,3-4,6-9,11-12H,2,5,10,13,26H2,(H,27,31). The van der Waals surface area contributed by atoms with E-state index in [1.807, 2.05) is 17.0 Å². The number of anilines is 2. The Kier molecular flexibility index (Phi) is 5.98. The number of nitrogens with zero attached hydrogens (tertiary/aromatic N) is 3. The summed E-state index contributed by atoms with van der Waals surface area (Å²) in [4.78, 5) is 15.8. The van der Waals surface area contributed by atoms with Gasteiger partial charge in [0, 0.05) is 30.5 Å². The molecule has 0 saturated carbocycles. The zero-order chi connectivity index (χ0) is 22.9. The normalized spacial score (nSPS) is 14.1.